The molecule has 2 aromatic rings. The van der Waals surface area contributed by atoms with Gasteiger partial charge in [0.25, 0.3) is 5.91 Å². The summed E-state index contributed by atoms with van der Waals surface area (Å²) < 4.78 is 38.0. The Bertz CT molecular complexity index is 686. The minimum absolute atomic E-state index is 0.0258. The fourth-order valence-corrected chi connectivity index (χ4v) is 1.88. The van der Waals surface area contributed by atoms with Crippen LogP contribution in [0.5, 0.6) is 0 Å². The zero-order chi connectivity index (χ0) is 15.6. The Kier molecular flexibility index (Phi) is 4.18. The molecule has 1 heterocycles. The molecule has 1 aromatic carbocycles. The van der Waals surface area contributed by atoms with Gasteiger partial charge in [0.1, 0.15) is 0 Å². The van der Waals surface area contributed by atoms with Crippen molar-refractivity contribution in [1.29, 1.82) is 0 Å². The van der Waals surface area contributed by atoms with Crippen LogP contribution in [0.2, 0.25) is 5.02 Å². The third-order valence-electron chi connectivity index (χ3n) is 2.79. The zero-order valence-electron chi connectivity index (χ0n) is 10.8. The lowest BCUT2D eigenvalue weighted by Crippen LogP contribution is -2.15. The van der Waals surface area contributed by atoms with E-state index >= 15 is 0 Å². The fourth-order valence-electron chi connectivity index (χ4n) is 1.71. The van der Waals surface area contributed by atoms with Crippen molar-refractivity contribution in [2.45, 2.75) is 13.1 Å². The number of anilines is 1. The van der Waals surface area contributed by atoms with Crippen LogP contribution in [0.25, 0.3) is 0 Å². The Morgan fingerprint density at radius 1 is 1.29 bits per heavy atom. The van der Waals surface area contributed by atoms with Crippen LogP contribution in [0.3, 0.4) is 0 Å². The van der Waals surface area contributed by atoms with Crippen molar-refractivity contribution in [1.82, 2.24) is 4.98 Å². The second kappa shape index (κ2) is 5.73. The van der Waals surface area contributed by atoms with Crippen molar-refractivity contribution in [2.75, 3.05) is 5.32 Å². The maximum absolute atomic E-state index is 12.7. The standard InChI is InChI=1S/C14H10ClF3N2O/c1-8-10(3-2-6-19-8)13(21)20-12-7-9(14(16,17)18)4-5-11(12)15/h2-7H,1H3,(H,20,21). The Labute approximate surface area is 123 Å². The lowest BCUT2D eigenvalue weighted by Gasteiger charge is -2.12. The maximum Gasteiger partial charge on any atom is 0.416 e. The highest BCUT2D eigenvalue weighted by atomic mass is 35.5. The lowest BCUT2D eigenvalue weighted by atomic mass is 10.1. The van der Waals surface area contributed by atoms with E-state index in [0.717, 1.165) is 18.2 Å². The van der Waals surface area contributed by atoms with Gasteiger partial charge in [0, 0.05) is 11.9 Å². The topological polar surface area (TPSA) is 42.0 Å². The molecule has 21 heavy (non-hydrogen) atoms. The van der Waals surface area contributed by atoms with Crippen molar-refractivity contribution in [3.8, 4) is 0 Å². The molecular formula is C14H10ClF3N2O. The van der Waals surface area contributed by atoms with E-state index in [-0.39, 0.29) is 16.3 Å². The normalized spacial score (nSPS) is 11.3. The summed E-state index contributed by atoms with van der Waals surface area (Å²) in [6.07, 6.45) is -2.99. The summed E-state index contributed by atoms with van der Waals surface area (Å²) in [7, 11) is 0. The number of hydrogen-bond donors (Lipinski definition) is 1. The molecule has 0 saturated carbocycles. The van der Waals surface area contributed by atoms with E-state index in [1.807, 2.05) is 0 Å². The van der Waals surface area contributed by atoms with Crippen molar-refractivity contribution in [3.63, 3.8) is 0 Å². The fraction of sp³-hybridized carbons (Fsp3) is 0.143. The number of carbonyl (C=O) groups is 1. The number of nitrogens with one attached hydrogen (secondary N) is 1. The van der Waals surface area contributed by atoms with Gasteiger partial charge in [-0.1, -0.05) is 11.6 Å². The average molecular weight is 315 g/mol. The van der Waals surface area contributed by atoms with Gasteiger partial charge in [-0.25, -0.2) is 0 Å². The third-order valence-corrected chi connectivity index (χ3v) is 3.12. The number of rotatable bonds is 2. The van der Waals surface area contributed by atoms with Crippen LogP contribution in [0.15, 0.2) is 36.5 Å². The SMILES string of the molecule is Cc1ncccc1C(=O)Nc1cc(C(F)(F)F)ccc1Cl. The van der Waals surface area contributed by atoms with Gasteiger partial charge in [-0.05, 0) is 37.3 Å². The van der Waals surface area contributed by atoms with Crippen LogP contribution in [-0.2, 0) is 6.18 Å². The molecular weight excluding hydrogens is 305 g/mol. The molecule has 2 rings (SSSR count). The molecule has 0 spiro atoms. The number of benzene rings is 1. The zero-order valence-corrected chi connectivity index (χ0v) is 11.6. The van der Waals surface area contributed by atoms with Crippen LogP contribution < -0.4 is 5.32 Å². The Balaban J connectivity index is 2.31. The van der Waals surface area contributed by atoms with E-state index in [1.165, 1.54) is 12.3 Å². The molecule has 0 saturated heterocycles. The molecule has 0 unspecified atom stereocenters. The monoisotopic (exact) mass is 314 g/mol. The summed E-state index contributed by atoms with van der Waals surface area (Å²) in [4.78, 5) is 16.0. The molecule has 0 fully saturated rings. The Morgan fingerprint density at radius 3 is 2.62 bits per heavy atom. The maximum atomic E-state index is 12.7. The van der Waals surface area contributed by atoms with Gasteiger partial charge in [0.05, 0.1) is 21.8 Å². The first-order valence-corrected chi connectivity index (χ1v) is 6.26. The van der Waals surface area contributed by atoms with Gasteiger partial charge in [0.15, 0.2) is 0 Å². The van der Waals surface area contributed by atoms with Crippen LogP contribution in [0.4, 0.5) is 18.9 Å². The Hall–Kier alpha value is -2.08. The molecule has 7 heteroatoms. The second-order valence-electron chi connectivity index (χ2n) is 4.28. The molecule has 0 aliphatic carbocycles. The van der Waals surface area contributed by atoms with E-state index < -0.39 is 17.6 Å². The molecule has 0 aliphatic heterocycles. The van der Waals surface area contributed by atoms with Crippen molar-refractivity contribution >= 4 is 23.2 Å². The van der Waals surface area contributed by atoms with Crippen LogP contribution in [0, 0.1) is 6.92 Å². The highest BCUT2D eigenvalue weighted by molar-refractivity contribution is 6.34. The van der Waals surface area contributed by atoms with Crippen LogP contribution >= 0.6 is 11.6 Å². The molecule has 1 N–H and O–H groups in total. The van der Waals surface area contributed by atoms with Gasteiger partial charge in [0.2, 0.25) is 0 Å². The van der Waals surface area contributed by atoms with Crippen molar-refractivity contribution in [2.24, 2.45) is 0 Å². The molecule has 3 nitrogen and oxygen atoms in total. The highest BCUT2D eigenvalue weighted by Crippen LogP contribution is 2.34. The number of alkyl halides is 3. The first-order chi connectivity index (χ1) is 9.79. The number of pyridine rings is 1. The first kappa shape index (κ1) is 15.3. The number of amides is 1. The van der Waals surface area contributed by atoms with Crippen molar-refractivity contribution < 1.29 is 18.0 Å². The lowest BCUT2D eigenvalue weighted by molar-refractivity contribution is -0.137. The number of carbonyl (C=O) groups excluding carboxylic acids is 1. The van der Waals surface area contributed by atoms with Gasteiger partial charge in [-0.15, -0.1) is 0 Å². The molecule has 110 valence electrons. The van der Waals surface area contributed by atoms with Crippen LogP contribution in [0.1, 0.15) is 21.6 Å². The Morgan fingerprint density at radius 2 is 2.00 bits per heavy atom. The minimum atomic E-state index is -4.51. The predicted molar refractivity (Wildman–Crippen MR) is 73.4 cm³/mol. The van der Waals surface area contributed by atoms with Gasteiger partial charge >= 0.3 is 6.18 Å². The average Bonchev–Trinajstić information content (AvgIpc) is 2.40. The summed E-state index contributed by atoms with van der Waals surface area (Å²) in [6, 6.07) is 5.84. The van der Waals surface area contributed by atoms with Gasteiger partial charge in [-0.3, -0.25) is 9.78 Å². The molecule has 0 radical (unpaired) electrons. The highest BCUT2D eigenvalue weighted by Gasteiger charge is 2.31. The van der Waals surface area contributed by atoms with E-state index in [9.17, 15) is 18.0 Å². The molecule has 0 atom stereocenters. The van der Waals surface area contributed by atoms with Gasteiger partial charge < -0.3 is 5.32 Å². The van der Waals surface area contributed by atoms with Crippen molar-refractivity contribution in [3.05, 3.63) is 58.4 Å². The number of aromatic nitrogens is 1. The number of halogens is 4. The smallest absolute Gasteiger partial charge is 0.321 e. The van der Waals surface area contributed by atoms with Crippen LogP contribution in [-0.4, -0.2) is 10.9 Å². The van der Waals surface area contributed by atoms with E-state index in [4.69, 9.17) is 11.6 Å². The number of nitrogens with zero attached hydrogens (tertiary/aromatic N) is 1. The quantitative estimate of drug-likeness (QED) is 0.897. The first-order valence-electron chi connectivity index (χ1n) is 5.89. The molecule has 1 amide bonds. The van der Waals surface area contributed by atoms with Gasteiger partial charge in [-0.2, -0.15) is 13.2 Å². The van der Waals surface area contributed by atoms with E-state index in [1.54, 1.807) is 13.0 Å². The second-order valence-corrected chi connectivity index (χ2v) is 4.69. The molecule has 1 aromatic heterocycles. The molecule has 0 aliphatic rings. The predicted octanol–water partition coefficient (Wildman–Crippen LogP) is 4.31. The van der Waals surface area contributed by atoms with E-state index in [0.29, 0.717) is 5.69 Å². The summed E-state index contributed by atoms with van der Waals surface area (Å²) in [5.41, 5.74) is -0.242. The number of aryl methyl sites for hydroxylation is 1. The summed E-state index contributed by atoms with van der Waals surface area (Å²) >= 11 is 5.82. The summed E-state index contributed by atoms with van der Waals surface area (Å²) in [5, 5.41) is 2.39. The third kappa shape index (κ3) is 3.52. The largest absolute Gasteiger partial charge is 0.416 e. The molecule has 0 bridgehead atoms. The summed E-state index contributed by atoms with van der Waals surface area (Å²) in [5.74, 6) is -0.568. The minimum Gasteiger partial charge on any atom is -0.321 e. The summed E-state index contributed by atoms with van der Waals surface area (Å²) in [6.45, 7) is 1.63. The number of hydrogen-bond acceptors (Lipinski definition) is 2. The van der Waals surface area contributed by atoms with E-state index in [2.05, 4.69) is 10.3 Å².